The van der Waals surface area contributed by atoms with Gasteiger partial charge >= 0.3 is 0 Å². The summed E-state index contributed by atoms with van der Waals surface area (Å²) in [6, 6.07) is 5.46. The topological polar surface area (TPSA) is 38.3 Å². The lowest BCUT2D eigenvalue weighted by Crippen LogP contribution is -2.31. The van der Waals surface area contributed by atoms with Crippen LogP contribution in [0.2, 0.25) is 0 Å². The van der Waals surface area contributed by atoms with Crippen molar-refractivity contribution in [3.63, 3.8) is 0 Å². The van der Waals surface area contributed by atoms with Crippen molar-refractivity contribution in [3.05, 3.63) is 33.8 Å². The Morgan fingerprint density at radius 1 is 1.59 bits per heavy atom. The molecule has 0 spiro atoms. The molecule has 0 bridgehead atoms. The van der Waals surface area contributed by atoms with Gasteiger partial charge in [-0.2, -0.15) is 0 Å². The number of hydrogen-bond acceptors (Lipinski definition) is 2. The molecule has 5 heteroatoms. The Morgan fingerprint density at radius 3 is 2.88 bits per heavy atom. The number of ether oxygens (including phenoxy) is 1. The largest absolute Gasteiger partial charge is 0.383 e. The minimum Gasteiger partial charge on any atom is -0.383 e. The average molecular weight is 321 g/mol. The van der Waals surface area contributed by atoms with Crippen molar-refractivity contribution in [2.75, 3.05) is 20.3 Å². The first-order valence-electron chi connectivity index (χ1n) is 5.22. The smallest absolute Gasteiger partial charge is 0.251 e. The van der Waals surface area contributed by atoms with Crippen LogP contribution in [0.3, 0.4) is 0 Å². The molecule has 0 radical (unpaired) electrons. The molecule has 0 aliphatic heterocycles. The zero-order valence-corrected chi connectivity index (χ0v) is 12.1. The summed E-state index contributed by atoms with van der Waals surface area (Å²) in [4.78, 5) is 11.8. The van der Waals surface area contributed by atoms with E-state index in [4.69, 9.17) is 16.3 Å². The minimum atomic E-state index is -0.208. The van der Waals surface area contributed by atoms with Crippen LogP contribution >= 0.6 is 27.5 Å². The van der Waals surface area contributed by atoms with E-state index in [1.54, 1.807) is 13.2 Å². The van der Waals surface area contributed by atoms with Gasteiger partial charge < -0.3 is 10.1 Å². The Balaban J connectivity index is 2.55. The number of amides is 1. The fourth-order valence-electron chi connectivity index (χ4n) is 1.33. The lowest BCUT2D eigenvalue weighted by Gasteiger charge is -2.10. The van der Waals surface area contributed by atoms with Gasteiger partial charge in [-0.15, -0.1) is 11.6 Å². The molecular formula is C12H15BrClNO2. The van der Waals surface area contributed by atoms with Crippen LogP contribution in [0.5, 0.6) is 0 Å². The van der Waals surface area contributed by atoms with Crippen LogP contribution in [-0.4, -0.2) is 31.5 Å². The van der Waals surface area contributed by atoms with Crippen molar-refractivity contribution in [3.8, 4) is 0 Å². The molecule has 1 N–H and O–H groups in total. The second-order valence-corrected chi connectivity index (χ2v) is 5.20. The molecule has 0 heterocycles. The summed E-state index contributed by atoms with van der Waals surface area (Å²) in [6.45, 7) is 2.75. The van der Waals surface area contributed by atoms with Gasteiger partial charge in [-0.3, -0.25) is 4.79 Å². The van der Waals surface area contributed by atoms with Gasteiger partial charge in [-0.1, -0.05) is 15.9 Å². The highest BCUT2D eigenvalue weighted by molar-refractivity contribution is 9.10. The third kappa shape index (κ3) is 4.66. The van der Waals surface area contributed by atoms with E-state index in [2.05, 4.69) is 21.2 Å². The maximum absolute atomic E-state index is 11.8. The summed E-state index contributed by atoms with van der Waals surface area (Å²) in [7, 11) is 1.58. The number of aryl methyl sites for hydroxylation is 1. The van der Waals surface area contributed by atoms with Gasteiger partial charge in [0.25, 0.3) is 5.91 Å². The van der Waals surface area contributed by atoms with Crippen molar-refractivity contribution in [2.24, 2.45) is 0 Å². The molecule has 0 saturated heterocycles. The number of carbonyl (C=O) groups is 1. The summed E-state index contributed by atoms with van der Waals surface area (Å²) in [5.41, 5.74) is 1.66. The van der Waals surface area contributed by atoms with E-state index >= 15 is 0 Å². The molecule has 3 nitrogen and oxygen atoms in total. The lowest BCUT2D eigenvalue weighted by molar-refractivity contribution is 0.0949. The highest BCUT2D eigenvalue weighted by Crippen LogP contribution is 2.16. The van der Waals surface area contributed by atoms with Crippen molar-refractivity contribution in [1.82, 2.24) is 5.32 Å². The maximum atomic E-state index is 11.8. The van der Waals surface area contributed by atoms with E-state index in [-0.39, 0.29) is 11.3 Å². The van der Waals surface area contributed by atoms with Gasteiger partial charge in [0.1, 0.15) is 0 Å². The summed E-state index contributed by atoms with van der Waals surface area (Å²) >= 11 is 9.31. The van der Waals surface area contributed by atoms with Crippen molar-refractivity contribution >= 4 is 33.4 Å². The summed E-state index contributed by atoms with van der Waals surface area (Å²) in [5.74, 6) is -0.123. The van der Waals surface area contributed by atoms with Gasteiger partial charge in [0.2, 0.25) is 0 Å². The molecule has 1 aromatic rings. The quantitative estimate of drug-likeness (QED) is 0.847. The molecule has 0 fully saturated rings. The van der Waals surface area contributed by atoms with E-state index in [9.17, 15) is 4.79 Å². The third-order valence-electron chi connectivity index (χ3n) is 2.25. The van der Waals surface area contributed by atoms with Gasteiger partial charge in [0.15, 0.2) is 0 Å². The van der Waals surface area contributed by atoms with E-state index in [1.807, 2.05) is 19.1 Å². The monoisotopic (exact) mass is 319 g/mol. The van der Waals surface area contributed by atoms with E-state index in [0.29, 0.717) is 18.7 Å². The SMILES string of the molecule is COCC(Cl)CNC(=O)c1ccc(Br)c(C)c1. The summed E-state index contributed by atoms with van der Waals surface area (Å²) < 4.78 is 5.88. The van der Waals surface area contributed by atoms with Gasteiger partial charge in [0.05, 0.1) is 12.0 Å². The van der Waals surface area contributed by atoms with Crippen LogP contribution in [0.25, 0.3) is 0 Å². The van der Waals surface area contributed by atoms with Crippen LogP contribution in [0.15, 0.2) is 22.7 Å². The molecule has 1 rings (SSSR count). The summed E-state index contributed by atoms with van der Waals surface area (Å²) in [5, 5.41) is 2.56. The number of carbonyl (C=O) groups excluding carboxylic acids is 1. The molecule has 1 unspecified atom stereocenters. The maximum Gasteiger partial charge on any atom is 0.251 e. The molecule has 94 valence electrons. The van der Waals surface area contributed by atoms with Crippen molar-refractivity contribution in [1.29, 1.82) is 0 Å². The zero-order valence-electron chi connectivity index (χ0n) is 9.80. The Hall–Kier alpha value is -0.580. The number of benzene rings is 1. The second-order valence-electron chi connectivity index (χ2n) is 3.73. The van der Waals surface area contributed by atoms with Crippen LogP contribution in [0, 0.1) is 6.92 Å². The number of nitrogens with one attached hydrogen (secondary N) is 1. The van der Waals surface area contributed by atoms with Crippen LogP contribution in [0.1, 0.15) is 15.9 Å². The van der Waals surface area contributed by atoms with Gasteiger partial charge in [-0.25, -0.2) is 0 Å². The molecule has 1 atom stereocenters. The first-order valence-corrected chi connectivity index (χ1v) is 6.45. The Labute approximate surface area is 115 Å². The zero-order chi connectivity index (χ0) is 12.8. The summed E-state index contributed by atoms with van der Waals surface area (Å²) in [6.07, 6.45) is 0. The van der Waals surface area contributed by atoms with Crippen molar-refractivity contribution < 1.29 is 9.53 Å². The van der Waals surface area contributed by atoms with Crippen LogP contribution in [-0.2, 0) is 4.74 Å². The highest BCUT2D eigenvalue weighted by atomic mass is 79.9. The fourth-order valence-corrected chi connectivity index (χ4v) is 1.78. The Kier molecular flexibility index (Phi) is 5.95. The average Bonchev–Trinajstić information content (AvgIpc) is 2.30. The predicted molar refractivity (Wildman–Crippen MR) is 72.7 cm³/mol. The highest BCUT2D eigenvalue weighted by Gasteiger charge is 2.09. The van der Waals surface area contributed by atoms with Crippen molar-refractivity contribution in [2.45, 2.75) is 12.3 Å². The van der Waals surface area contributed by atoms with Crippen LogP contribution < -0.4 is 5.32 Å². The molecule has 0 saturated carbocycles. The molecule has 1 amide bonds. The molecule has 17 heavy (non-hydrogen) atoms. The normalized spacial score (nSPS) is 12.2. The standard InChI is InChI=1S/C12H15BrClNO2/c1-8-5-9(3-4-11(8)13)12(16)15-6-10(14)7-17-2/h3-5,10H,6-7H2,1-2H3,(H,15,16). The molecular weight excluding hydrogens is 305 g/mol. The molecule has 0 aliphatic carbocycles. The molecule has 1 aromatic carbocycles. The first kappa shape index (κ1) is 14.5. The van der Waals surface area contributed by atoms with Crippen LogP contribution in [0.4, 0.5) is 0 Å². The fraction of sp³-hybridized carbons (Fsp3) is 0.417. The van der Waals surface area contributed by atoms with E-state index in [1.165, 1.54) is 0 Å². The van der Waals surface area contributed by atoms with Gasteiger partial charge in [-0.05, 0) is 30.7 Å². The minimum absolute atomic E-state index is 0.123. The second kappa shape index (κ2) is 6.99. The Bertz CT molecular complexity index is 398. The lowest BCUT2D eigenvalue weighted by atomic mass is 10.1. The third-order valence-corrected chi connectivity index (χ3v) is 3.42. The number of methoxy groups -OCH3 is 1. The Morgan fingerprint density at radius 2 is 2.29 bits per heavy atom. The molecule has 0 aromatic heterocycles. The van der Waals surface area contributed by atoms with E-state index in [0.717, 1.165) is 10.0 Å². The number of rotatable bonds is 5. The van der Waals surface area contributed by atoms with E-state index < -0.39 is 0 Å². The number of halogens is 2. The number of hydrogen-bond donors (Lipinski definition) is 1. The predicted octanol–water partition coefficient (Wildman–Crippen LogP) is 2.74. The number of alkyl halides is 1. The molecule has 0 aliphatic rings. The first-order chi connectivity index (χ1) is 8.04. The van der Waals surface area contributed by atoms with Gasteiger partial charge in [0, 0.05) is 23.7 Å².